The number of hydrogen-bond acceptors (Lipinski definition) is 5. The van der Waals surface area contributed by atoms with Crippen molar-refractivity contribution >= 4 is 18.5 Å². The summed E-state index contributed by atoms with van der Waals surface area (Å²) >= 11 is 0. The van der Waals surface area contributed by atoms with Crippen LogP contribution in [0.25, 0.3) is 0 Å². The molecule has 0 bridgehead atoms. The lowest BCUT2D eigenvalue weighted by Gasteiger charge is -2.06. The number of benzene rings is 1. The maximum Gasteiger partial charge on any atom is 0.488 e. The molecule has 0 heterocycles. The number of aliphatic hydroxyl groups excluding tert-OH is 1. The highest BCUT2D eigenvalue weighted by Gasteiger charge is 2.11. The molecule has 1 amide bonds. The lowest BCUT2D eigenvalue weighted by atomic mass is 9.80. The van der Waals surface area contributed by atoms with E-state index in [1.165, 1.54) is 24.3 Å². The Labute approximate surface area is 105 Å². The maximum atomic E-state index is 11.6. The third-order valence-corrected chi connectivity index (χ3v) is 2.24. The Hall–Kier alpha value is -1.41. The molecule has 0 radical (unpaired) electrons. The highest BCUT2D eigenvalue weighted by atomic mass is 16.5. The summed E-state index contributed by atoms with van der Waals surface area (Å²) in [5, 5.41) is 28.9. The third-order valence-electron chi connectivity index (χ3n) is 2.24. The molecule has 0 saturated carbocycles. The van der Waals surface area contributed by atoms with Gasteiger partial charge in [0.15, 0.2) is 0 Å². The van der Waals surface area contributed by atoms with E-state index in [9.17, 15) is 4.79 Å². The molecular weight excluding hydrogens is 237 g/mol. The van der Waals surface area contributed by atoms with Crippen molar-refractivity contribution < 1.29 is 24.7 Å². The summed E-state index contributed by atoms with van der Waals surface area (Å²) in [6, 6.07) is 5.97. The molecule has 4 N–H and O–H groups in total. The summed E-state index contributed by atoms with van der Waals surface area (Å²) in [5.41, 5.74) is 0.763. The summed E-state index contributed by atoms with van der Waals surface area (Å²) in [7, 11) is -1.53. The van der Waals surface area contributed by atoms with E-state index >= 15 is 0 Å². The van der Waals surface area contributed by atoms with Gasteiger partial charge in [-0.25, -0.2) is 0 Å². The quantitative estimate of drug-likeness (QED) is 0.336. The van der Waals surface area contributed by atoms with Crippen LogP contribution in [0.5, 0.6) is 0 Å². The van der Waals surface area contributed by atoms with Crippen molar-refractivity contribution in [3.05, 3.63) is 29.8 Å². The average Bonchev–Trinajstić information content (AvgIpc) is 2.38. The van der Waals surface area contributed by atoms with Crippen LogP contribution in [-0.4, -0.2) is 54.5 Å². The van der Waals surface area contributed by atoms with Gasteiger partial charge in [0.1, 0.15) is 0 Å². The number of carbonyl (C=O) groups excluding carboxylic acids is 1. The smallest absolute Gasteiger partial charge is 0.423 e. The number of ether oxygens (including phenoxy) is 1. The number of nitrogens with one attached hydrogen (secondary N) is 1. The lowest BCUT2D eigenvalue weighted by Crippen LogP contribution is -2.31. The van der Waals surface area contributed by atoms with E-state index in [0.717, 1.165) is 0 Å². The Morgan fingerprint density at radius 3 is 2.44 bits per heavy atom. The van der Waals surface area contributed by atoms with Gasteiger partial charge < -0.3 is 25.2 Å². The number of rotatable bonds is 7. The van der Waals surface area contributed by atoms with Gasteiger partial charge in [-0.1, -0.05) is 12.1 Å². The Bertz CT molecular complexity index is 368. The van der Waals surface area contributed by atoms with E-state index in [1.54, 1.807) is 0 Å². The van der Waals surface area contributed by atoms with Crippen LogP contribution in [-0.2, 0) is 4.74 Å². The topological polar surface area (TPSA) is 99.0 Å². The van der Waals surface area contributed by atoms with Crippen LogP contribution in [0.3, 0.4) is 0 Å². The van der Waals surface area contributed by atoms with E-state index in [4.69, 9.17) is 19.9 Å². The molecule has 7 heteroatoms. The highest BCUT2D eigenvalue weighted by Crippen LogP contribution is 1.97. The first kappa shape index (κ1) is 14.7. The minimum atomic E-state index is -1.53. The third kappa shape index (κ3) is 4.85. The average molecular weight is 253 g/mol. The molecule has 98 valence electrons. The van der Waals surface area contributed by atoms with Crippen LogP contribution in [0, 0.1) is 0 Å². The van der Waals surface area contributed by atoms with Gasteiger partial charge in [-0.05, 0) is 17.6 Å². The van der Waals surface area contributed by atoms with Gasteiger partial charge in [0.2, 0.25) is 0 Å². The fraction of sp³-hybridized carbons (Fsp3) is 0.364. The van der Waals surface area contributed by atoms with Crippen molar-refractivity contribution in [2.24, 2.45) is 0 Å². The van der Waals surface area contributed by atoms with E-state index in [0.29, 0.717) is 24.2 Å². The van der Waals surface area contributed by atoms with E-state index in [1.807, 2.05) is 0 Å². The Morgan fingerprint density at radius 2 is 1.89 bits per heavy atom. The zero-order chi connectivity index (χ0) is 13.4. The van der Waals surface area contributed by atoms with Crippen molar-refractivity contribution in [1.82, 2.24) is 5.32 Å². The zero-order valence-electron chi connectivity index (χ0n) is 9.87. The largest absolute Gasteiger partial charge is 0.488 e. The standard InChI is InChI=1S/C11H16BNO5/c14-6-8-18-7-5-13-11(15)9-1-3-10(4-2-9)12(16)17/h1-4,14,16-17H,5-8H2,(H,13,15). The fourth-order valence-corrected chi connectivity index (χ4v) is 1.31. The van der Waals surface area contributed by atoms with Crippen LogP contribution < -0.4 is 10.8 Å². The van der Waals surface area contributed by atoms with Gasteiger partial charge in [0.05, 0.1) is 19.8 Å². The van der Waals surface area contributed by atoms with Gasteiger partial charge >= 0.3 is 7.12 Å². The van der Waals surface area contributed by atoms with Crippen molar-refractivity contribution in [2.45, 2.75) is 0 Å². The molecule has 0 aliphatic carbocycles. The number of amides is 1. The van der Waals surface area contributed by atoms with Gasteiger partial charge in [-0.2, -0.15) is 0 Å². The Morgan fingerprint density at radius 1 is 1.22 bits per heavy atom. The molecule has 0 saturated heterocycles. The summed E-state index contributed by atoms with van der Waals surface area (Å²) in [6.45, 7) is 0.890. The van der Waals surface area contributed by atoms with Crippen molar-refractivity contribution in [2.75, 3.05) is 26.4 Å². The van der Waals surface area contributed by atoms with E-state index < -0.39 is 7.12 Å². The molecule has 18 heavy (non-hydrogen) atoms. The molecule has 0 fully saturated rings. The molecule has 0 spiro atoms. The van der Waals surface area contributed by atoms with Gasteiger partial charge in [0, 0.05) is 12.1 Å². The Kier molecular flexibility index (Phi) is 6.38. The first-order valence-electron chi connectivity index (χ1n) is 5.58. The van der Waals surface area contributed by atoms with Crippen LogP contribution in [0.1, 0.15) is 10.4 Å². The number of aliphatic hydroxyl groups is 1. The second-order valence-corrected chi connectivity index (χ2v) is 3.59. The minimum absolute atomic E-state index is 0.0428. The van der Waals surface area contributed by atoms with E-state index in [2.05, 4.69) is 5.32 Å². The molecule has 0 aliphatic heterocycles. The molecule has 1 aromatic carbocycles. The van der Waals surface area contributed by atoms with Crippen LogP contribution in [0.15, 0.2) is 24.3 Å². The second kappa shape index (κ2) is 7.83. The van der Waals surface area contributed by atoms with E-state index in [-0.39, 0.29) is 19.1 Å². The minimum Gasteiger partial charge on any atom is -0.423 e. The number of hydrogen-bond donors (Lipinski definition) is 4. The molecule has 1 rings (SSSR count). The second-order valence-electron chi connectivity index (χ2n) is 3.59. The van der Waals surface area contributed by atoms with Crippen LogP contribution >= 0.6 is 0 Å². The normalized spacial score (nSPS) is 10.2. The van der Waals surface area contributed by atoms with Gasteiger partial charge in [-0.3, -0.25) is 4.79 Å². The Balaban J connectivity index is 2.37. The SMILES string of the molecule is O=C(NCCOCCO)c1ccc(B(O)O)cc1. The lowest BCUT2D eigenvalue weighted by molar-refractivity contribution is 0.0838. The van der Waals surface area contributed by atoms with Crippen molar-refractivity contribution in [1.29, 1.82) is 0 Å². The highest BCUT2D eigenvalue weighted by molar-refractivity contribution is 6.58. The summed E-state index contributed by atoms with van der Waals surface area (Å²) < 4.78 is 4.99. The molecule has 1 aromatic rings. The molecule has 6 nitrogen and oxygen atoms in total. The number of carbonyl (C=O) groups is 1. The van der Waals surface area contributed by atoms with Crippen LogP contribution in [0.4, 0.5) is 0 Å². The molecule has 0 aliphatic rings. The first-order chi connectivity index (χ1) is 8.65. The molecule has 0 atom stereocenters. The fourth-order valence-electron chi connectivity index (χ4n) is 1.31. The molecule has 0 unspecified atom stereocenters. The zero-order valence-corrected chi connectivity index (χ0v) is 9.87. The van der Waals surface area contributed by atoms with Crippen molar-refractivity contribution in [3.63, 3.8) is 0 Å². The van der Waals surface area contributed by atoms with Gasteiger partial charge in [-0.15, -0.1) is 0 Å². The monoisotopic (exact) mass is 253 g/mol. The first-order valence-corrected chi connectivity index (χ1v) is 5.58. The molecular formula is C11H16BNO5. The predicted molar refractivity (Wildman–Crippen MR) is 66.5 cm³/mol. The summed E-state index contributed by atoms with van der Waals surface area (Å²) in [4.78, 5) is 11.6. The van der Waals surface area contributed by atoms with Crippen LogP contribution in [0.2, 0.25) is 0 Å². The van der Waals surface area contributed by atoms with Gasteiger partial charge in [0.25, 0.3) is 5.91 Å². The van der Waals surface area contributed by atoms with Crippen molar-refractivity contribution in [3.8, 4) is 0 Å². The summed E-state index contributed by atoms with van der Waals surface area (Å²) in [5.74, 6) is -0.262. The predicted octanol–water partition coefficient (Wildman–Crippen LogP) is -1.89. The maximum absolute atomic E-state index is 11.6. The summed E-state index contributed by atoms with van der Waals surface area (Å²) in [6.07, 6.45) is 0. The molecule has 0 aromatic heterocycles.